The summed E-state index contributed by atoms with van der Waals surface area (Å²) >= 11 is 0. The molecule has 0 bridgehead atoms. The Hall–Kier alpha value is -2.10. The second-order valence-corrected chi connectivity index (χ2v) is 2.92. The van der Waals surface area contributed by atoms with Crippen LogP contribution in [0, 0.1) is 0 Å². The SMILES string of the molecule is CC(=O)NC(=CC(=O)[O-])c1ccccc1. The minimum Gasteiger partial charge on any atom is -0.545 e. The number of aliphatic carboxylic acids is 1. The van der Waals surface area contributed by atoms with Crippen LogP contribution in [0.5, 0.6) is 0 Å². The number of hydrogen-bond acceptors (Lipinski definition) is 3. The van der Waals surface area contributed by atoms with Gasteiger partial charge in [-0.3, -0.25) is 4.79 Å². The quantitative estimate of drug-likeness (QED) is 0.700. The van der Waals surface area contributed by atoms with Gasteiger partial charge < -0.3 is 15.2 Å². The molecular formula is C11H10NO3-. The Labute approximate surface area is 87.2 Å². The summed E-state index contributed by atoms with van der Waals surface area (Å²) in [5.41, 5.74) is 0.847. The van der Waals surface area contributed by atoms with Gasteiger partial charge in [0.1, 0.15) is 0 Å². The molecule has 1 aromatic carbocycles. The molecule has 0 saturated heterocycles. The molecule has 0 saturated carbocycles. The van der Waals surface area contributed by atoms with E-state index in [-0.39, 0.29) is 11.6 Å². The summed E-state index contributed by atoms with van der Waals surface area (Å²) in [5, 5.41) is 12.9. The lowest BCUT2D eigenvalue weighted by Crippen LogP contribution is -2.24. The molecule has 0 aliphatic heterocycles. The highest BCUT2D eigenvalue weighted by molar-refractivity contribution is 5.93. The van der Waals surface area contributed by atoms with Gasteiger partial charge in [0.05, 0.1) is 5.97 Å². The van der Waals surface area contributed by atoms with Crippen molar-refractivity contribution in [1.82, 2.24) is 5.32 Å². The predicted octanol–water partition coefficient (Wildman–Crippen LogP) is -0.0865. The van der Waals surface area contributed by atoms with Crippen molar-refractivity contribution in [2.24, 2.45) is 0 Å². The van der Waals surface area contributed by atoms with E-state index in [1.807, 2.05) is 0 Å². The monoisotopic (exact) mass is 204 g/mol. The van der Waals surface area contributed by atoms with Crippen molar-refractivity contribution in [2.45, 2.75) is 6.92 Å². The van der Waals surface area contributed by atoms with Crippen LogP contribution in [0.25, 0.3) is 5.70 Å². The maximum absolute atomic E-state index is 10.8. The number of amides is 1. The van der Waals surface area contributed by atoms with Crippen molar-refractivity contribution in [3.05, 3.63) is 42.0 Å². The minimum absolute atomic E-state index is 0.225. The van der Waals surface area contributed by atoms with Gasteiger partial charge in [0.25, 0.3) is 0 Å². The summed E-state index contributed by atoms with van der Waals surface area (Å²) < 4.78 is 0. The molecule has 0 unspecified atom stereocenters. The fourth-order valence-electron chi connectivity index (χ4n) is 1.12. The fraction of sp³-hybridized carbons (Fsp3) is 0.0909. The van der Waals surface area contributed by atoms with Gasteiger partial charge in [-0.25, -0.2) is 0 Å². The first-order valence-electron chi connectivity index (χ1n) is 4.35. The van der Waals surface area contributed by atoms with Crippen molar-refractivity contribution in [2.75, 3.05) is 0 Å². The van der Waals surface area contributed by atoms with Gasteiger partial charge in [-0.05, 0) is 11.6 Å². The van der Waals surface area contributed by atoms with E-state index < -0.39 is 5.97 Å². The summed E-state index contributed by atoms with van der Waals surface area (Å²) in [7, 11) is 0. The van der Waals surface area contributed by atoms with Gasteiger partial charge in [0.2, 0.25) is 5.91 Å². The average Bonchev–Trinajstić information content (AvgIpc) is 2.17. The summed E-state index contributed by atoms with van der Waals surface area (Å²) in [6.07, 6.45) is 0.858. The van der Waals surface area contributed by atoms with E-state index in [1.165, 1.54) is 6.92 Å². The lowest BCUT2D eigenvalue weighted by molar-refractivity contribution is -0.297. The zero-order valence-electron chi connectivity index (χ0n) is 8.19. The van der Waals surface area contributed by atoms with E-state index >= 15 is 0 Å². The topological polar surface area (TPSA) is 69.2 Å². The third-order valence-electron chi connectivity index (χ3n) is 1.66. The van der Waals surface area contributed by atoms with Gasteiger partial charge in [0, 0.05) is 12.6 Å². The molecule has 1 rings (SSSR count). The largest absolute Gasteiger partial charge is 0.545 e. The smallest absolute Gasteiger partial charge is 0.221 e. The molecule has 1 N–H and O–H groups in total. The Morgan fingerprint density at radius 2 is 1.87 bits per heavy atom. The average molecular weight is 204 g/mol. The molecule has 0 heterocycles. The zero-order chi connectivity index (χ0) is 11.3. The molecule has 0 spiro atoms. The van der Waals surface area contributed by atoms with Gasteiger partial charge in [0.15, 0.2) is 0 Å². The molecule has 0 aromatic heterocycles. The van der Waals surface area contributed by atoms with Crippen LogP contribution in [0.2, 0.25) is 0 Å². The third kappa shape index (κ3) is 3.64. The van der Waals surface area contributed by atoms with Crippen molar-refractivity contribution in [3.63, 3.8) is 0 Å². The number of carboxylic acids is 1. The van der Waals surface area contributed by atoms with Crippen molar-refractivity contribution < 1.29 is 14.7 Å². The first kappa shape index (κ1) is 11.0. The predicted molar refractivity (Wildman–Crippen MR) is 53.2 cm³/mol. The summed E-state index contributed by atoms with van der Waals surface area (Å²) in [5.74, 6) is -1.67. The maximum Gasteiger partial charge on any atom is 0.221 e. The molecule has 15 heavy (non-hydrogen) atoms. The highest BCUT2D eigenvalue weighted by Gasteiger charge is 2.02. The van der Waals surface area contributed by atoms with Crippen LogP contribution >= 0.6 is 0 Å². The van der Waals surface area contributed by atoms with Crippen molar-refractivity contribution in [1.29, 1.82) is 0 Å². The lowest BCUT2D eigenvalue weighted by Gasteiger charge is -2.08. The molecule has 0 atom stereocenters. The fourth-order valence-corrected chi connectivity index (χ4v) is 1.12. The van der Waals surface area contributed by atoms with Crippen molar-refractivity contribution in [3.8, 4) is 0 Å². The number of carbonyl (C=O) groups excluding carboxylic acids is 2. The Bertz CT molecular complexity index is 396. The highest BCUT2D eigenvalue weighted by atomic mass is 16.4. The number of nitrogens with one attached hydrogen (secondary N) is 1. The Morgan fingerprint density at radius 1 is 1.27 bits per heavy atom. The van der Waals surface area contributed by atoms with Crippen LogP contribution in [0.4, 0.5) is 0 Å². The summed E-state index contributed by atoms with van der Waals surface area (Å²) in [4.78, 5) is 21.3. The van der Waals surface area contributed by atoms with Crippen LogP contribution in [0.15, 0.2) is 36.4 Å². The lowest BCUT2D eigenvalue weighted by atomic mass is 10.1. The molecule has 0 aliphatic rings. The number of carboxylic acid groups (broad SMARTS) is 1. The number of hydrogen-bond donors (Lipinski definition) is 1. The minimum atomic E-state index is -1.34. The molecule has 4 nitrogen and oxygen atoms in total. The second kappa shape index (κ2) is 4.95. The Morgan fingerprint density at radius 3 is 2.33 bits per heavy atom. The highest BCUT2D eigenvalue weighted by Crippen LogP contribution is 2.09. The standard InChI is InChI=1S/C11H11NO3/c1-8(13)12-10(7-11(14)15)9-5-3-2-4-6-9/h2-7H,1H3,(H,12,13)(H,14,15)/p-1. The van der Waals surface area contributed by atoms with Crippen LogP contribution < -0.4 is 10.4 Å². The Kier molecular flexibility index (Phi) is 3.62. The van der Waals surface area contributed by atoms with Gasteiger partial charge in [-0.2, -0.15) is 0 Å². The molecule has 78 valence electrons. The third-order valence-corrected chi connectivity index (χ3v) is 1.66. The second-order valence-electron chi connectivity index (χ2n) is 2.92. The van der Waals surface area contributed by atoms with E-state index in [4.69, 9.17) is 0 Å². The number of benzene rings is 1. The van der Waals surface area contributed by atoms with Gasteiger partial charge >= 0.3 is 0 Å². The maximum atomic E-state index is 10.8. The molecule has 0 fully saturated rings. The zero-order valence-corrected chi connectivity index (χ0v) is 8.19. The van der Waals surface area contributed by atoms with E-state index in [2.05, 4.69) is 5.32 Å². The van der Waals surface area contributed by atoms with Gasteiger partial charge in [-0.1, -0.05) is 30.3 Å². The molecule has 4 heteroatoms. The number of carbonyl (C=O) groups is 2. The Balaban J connectivity index is 3.02. The van der Waals surface area contributed by atoms with E-state index in [9.17, 15) is 14.7 Å². The van der Waals surface area contributed by atoms with Crippen LogP contribution in [-0.2, 0) is 9.59 Å². The van der Waals surface area contributed by atoms with Crippen LogP contribution in [-0.4, -0.2) is 11.9 Å². The summed E-state index contributed by atoms with van der Waals surface area (Å²) in [6.45, 7) is 1.31. The van der Waals surface area contributed by atoms with Crippen LogP contribution in [0.1, 0.15) is 12.5 Å². The first-order valence-corrected chi connectivity index (χ1v) is 4.35. The van der Waals surface area contributed by atoms with Crippen LogP contribution in [0.3, 0.4) is 0 Å². The van der Waals surface area contributed by atoms with E-state index in [0.717, 1.165) is 6.08 Å². The van der Waals surface area contributed by atoms with E-state index in [1.54, 1.807) is 30.3 Å². The molecule has 1 amide bonds. The number of rotatable bonds is 3. The molecule has 0 aliphatic carbocycles. The van der Waals surface area contributed by atoms with Gasteiger partial charge in [-0.15, -0.1) is 0 Å². The molecule has 0 radical (unpaired) electrons. The first-order chi connectivity index (χ1) is 7.09. The van der Waals surface area contributed by atoms with Crippen molar-refractivity contribution >= 4 is 17.6 Å². The van der Waals surface area contributed by atoms with E-state index in [0.29, 0.717) is 5.56 Å². The molecular weight excluding hydrogens is 194 g/mol. The molecule has 1 aromatic rings. The summed E-state index contributed by atoms with van der Waals surface area (Å²) in [6, 6.07) is 8.70. The normalized spacial score (nSPS) is 10.9.